The van der Waals surface area contributed by atoms with Gasteiger partial charge in [0.2, 0.25) is 11.6 Å². The predicted molar refractivity (Wildman–Crippen MR) is 188 cm³/mol. The van der Waals surface area contributed by atoms with E-state index in [1.807, 2.05) is 44.0 Å². The number of nitrogens with one attached hydrogen (secondary N) is 1. The highest BCUT2D eigenvalue weighted by Gasteiger charge is 2.24. The summed E-state index contributed by atoms with van der Waals surface area (Å²) in [5.74, 6) is 0.340. The number of aryl methyl sites for hydroxylation is 1. The third-order valence-electron chi connectivity index (χ3n) is 8.01. The van der Waals surface area contributed by atoms with Gasteiger partial charge in [0.15, 0.2) is 0 Å². The second-order valence-corrected chi connectivity index (χ2v) is 11.8. The lowest BCUT2D eigenvalue weighted by Gasteiger charge is -2.12. The van der Waals surface area contributed by atoms with Gasteiger partial charge in [0.05, 0.1) is 11.8 Å². The quantitative estimate of drug-likeness (QED) is 0.163. The van der Waals surface area contributed by atoms with Crippen molar-refractivity contribution < 1.29 is 18.3 Å². The summed E-state index contributed by atoms with van der Waals surface area (Å²) in [5, 5.41) is 7.83. The van der Waals surface area contributed by atoms with Crippen molar-refractivity contribution in [1.29, 1.82) is 0 Å². The Morgan fingerprint density at radius 2 is 1.78 bits per heavy atom. The number of halogens is 1. The molecule has 0 radical (unpaired) electrons. The predicted octanol–water partition coefficient (Wildman–Crippen LogP) is 7.17. The fourth-order valence-electron chi connectivity index (χ4n) is 5.70. The van der Waals surface area contributed by atoms with E-state index in [4.69, 9.17) is 9.15 Å². The number of carbonyl (C=O) groups is 1. The number of carbonyl (C=O) groups excluding carboxylic acids is 1. The maximum absolute atomic E-state index is 13.4. The molecule has 0 bridgehead atoms. The van der Waals surface area contributed by atoms with E-state index >= 15 is 0 Å². The molecule has 50 heavy (non-hydrogen) atoms. The van der Waals surface area contributed by atoms with Gasteiger partial charge in [0, 0.05) is 42.4 Å². The SMILES string of the molecule is CCn1cc(-c2oc3ncnc(Oc4ccc(NC(=O)c5cccn(-c6ccc(F)cc6)c5=O)cc4)c3c2-c2cccc(CN(C)C)c2)cn1. The van der Waals surface area contributed by atoms with Crippen molar-refractivity contribution in [2.24, 2.45) is 0 Å². The number of benzene rings is 3. The van der Waals surface area contributed by atoms with Gasteiger partial charge in [0.1, 0.15) is 34.6 Å². The smallest absolute Gasteiger partial charge is 0.267 e. The second-order valence-electron chi connectivity index (χ2n) is 11.8. The summed E-state index contributed by atoms with van der Waals surface area (Å²) in [7, 11) is 4.05. The molecule has 0 unspecified atom stereocenters. The number of furan rings is 1. The van der Waals surface area contributed by atoms with Crippen LogP contribution in [0.4, 0.5) is 10.1 Å². The Kier molecular flexibility index (Phi) is 8.75. The lowest BCUT2D eigenvalue weighted by molar-refractivity contribution is 0.102. The summed E-state index contributed by atoms with van der Waals surface area (Å²) in [6, 6.07) is 23.4. The molecule has 7 aromatic rings. The van der Waals surface area contributed by atoms with E-state index in [0.717, 1.165) is 28.8 Å². The van der Waals surface area contributed by atoms with Gasteiger partial charge in [-0.15, -0.1) is 0 Å². The van der Waals surface area contributed by atoms with Crippen molar-refractivity contribution in [3.05, 3.63) is 137 Å². The van der Waals surface area contributed by atoms with Gasteiger partial charge in [-0.2, -0.15) is 5.10 Å². The molecule has 12 heteroatoms. The van der Waals surface area contributed by atoms with Crippen molar-refractivity contribution in [3.8, 4) is 39.8 Å². The van der Waals surface area contributed by atoms with Crippen LogP contribution in [0, 0.1) is 5.82 Å². The molecule has 4 heterocycles. The standard InChI is InChI=1S/C38H32FN7O4/c1-4-45-22-26(20-42-45)34-32(25-8-5-7-24(19-25)21-44(2)3)33-36(40-23-41-37(33)50-34)49-30-16-12-28(13-17-30)43-35(47)31-9-6-18-46(38(31)48)29-14-10-27(39)11-15-29/h5-20,22-23H,4,21H2,1-3H3,(H,43,47). The number of nitrogens with zero attached hydrogens (tertiary/aromatic N) is 6. The lowest BCUT2D eigenvalue weighted by atomic mass is 9.99. The van der Waals surface area contributed by atoms with Crippen molar-refractivity contribution in [2.75, 3.05) is 19.4 Å². The van der Waals surface area contributed by atoms with E-state index in [2.05, 4.69) is 37.4 Å². The third-order valence-corrected chi connectivity index (χ3v) is 8.01. The van der Waals surface area contributed by atoms with E-state index in [-0.39, 0.29) is 5.56 Å². The normalized spacial score (nSPS) is 11.3. The molecule has 0 spiro atoms. The summed E-state index contributed by atoms with van der Waals surface area (Å²) in [5.41, 5.74) is 4.27. The molecule has 0 aliphatic rings. The van der Waals surface area contributed by atoms with Crippen molar-refractivity contribution in [2.45, 2.75) is 20.0 Å². The van der Waals surface area contributed by atoms with Crippen molar-refractivity contribution in [3.63, 3.8) is 0 Å². The van der Waals surface area contributed by atoms with Crippen LogP contribution in [0.3, 0.4) is 0 Å². The zero-order valence-corrected chi connectivity index (χ0v) is 27.5. The van der Waals surface area contributed by atoms with Crippen LogP contribution < -0.4 is 15.6 Å². The molecular weight excluding hydrogens is 637 g/mol. The van der Waals surface area contributed by atoms with Gasteiger partial charge in [-0.3, -0.25) is 18.8 Å². The van der Waals surface area contributed by atoms with Crippen LogP contribution in [0.15, 0.2) is 119 Å². The number of anilines is 1. The molecule has 0 aliphatic carbocycles. The maximum Gasteiger partial charge on any atom is 0.267 e. The van der Waals surface area contributed by atoms with Crippen LogP contribution in [-0.4, -0.2) is 49.2 Å². The Labute approximate surface area is 286 Å². The number of hydrogen-bond acceptors (Lipinski definition) is 8. The summed E-state index contributed by atoms with van der Waals surface area (Å²) in [4.78, 5) is 37.3. The van der Waals surface area contributed by atoms with E-state index in [9.17, 15) is 14.0 Å². The summed E-state index contributed by atoms with van der Waals surface area (Å²) in [6.07, 6.45) is 6.61. The lowest BCUT2D eigenvalue weighted by Crippen LogP contribution is -2.27. The molecule has 1 amide bonds. The molecule has 0 saturated heterocycles. The monoisotopic (exact) mass is 669 g/mol. The van der Waals surface area contributed by atoms with Gasteiger partial charge in [-0.1, -0.05) is 18.2 Å². The summed E-state index contributed by atoms with van der Waals surface area (Å²) in [6.45, 7) is 3.48. The molecule has 1 N–H and O–H groups in total. The Morgan fingerprint density at radius 3 is 2.52 bits per heavy atom. The van der Waals surface area contributed by atoms with Gasteiger partial charge in [-0.25, -0.2) is 14.4 Å². The van der Waals surface area contributed by atoms with E-state index < -0.39 is 17.3 Å². The van der Waals surface area contributed by atoms with Crippen LogP contribution in [0.2, 0.25) is 0 Å². The highest BCUT2D eigenvalue weighted by Crippen LogP contribution is 2.44. The summed E-state index contributed by atoms with van der Waals surface area (Å²) >= 11 is 0. The number of aromatic nitrogens is 5. The fraction of sp³-hybridized carbons (Fsp3) is 0.132. The Hall–Kier alpha value is -6.40. The number of rotatable bonds is 10. The molecule has 4 aromatic heterocycles. The van der Waals surface area contributed by atoms with Gasteiger partial charge >= 0.3 is 0 Å². The molecule has 0 saturated carbocycles. The van der Waals surface area contributed by atoms with Crippen LogP contribution in [0.25, 0.3) is 39.2 Å². The zero-order chi connectivity index (χ0) is 34.8. The van der Waals surface area contributed by atoms with Crippen LogP contribution in [-0.2, 0) is 13.1 Å². The van der Waals surface area contributed by atoms with Crippen LogP contribution in [0.5, 0.6) is 11.6 Å². The van der Waals surface area contributed by atoms with Gasteiger partial charge in [0.25, 0.3) is 11.5 Å². The summed E-state index contributed by atoms with van der Waals surface area (Å²) < 4.78 is 29.2. The average Bonchev–Trinajstić information content (AvgIpc) is 3.75. The molecule has 11 nitrogen and oxygen atoms in total. The third kappa shape index (κ3) is 6.51. The molecule has 3 aromatic carbocycles. The van der Waals surface area contributed by atoms with E-state index in [1.165, 1.54) is 47.4 Å². The van der Waals surface area contributed by atoms with E-state index in [0.29, 0.717) is 46.4 Å². The first-order valence-corrected chi connectivity index (χ1v) is 15.9. The first kappa shape index (κ1) is 32.2. The number of ether oxygens (including phenoxy) is 1. The Morgan fingerprint density at radius 1 is 0.980 bits per heavy atom. The minimum Gasteiger partial charge on any atom is -0.438 e. The van der Waals surface area contributed by atoms with Gasteiger partial charge in [-0.05, 0) is 98.9 Å². The minimum absolute atomic E-state index is 0.0667. The first-order valence-electron chi connectivity index (χ1n) is 15.9. The molecule has 0 aliphatic heterocycles. The van der Waals surface area contributed by atoms with Crippen molar-refractivity contribution >= 4 is 22.7 Å². The zero-order valence-electron chi connectivity index (χ0n) is 27.5. The molecule has 250 valence electrons. The topological polar surface area (TPSA) is 120 Å². The van der Waals surface area contributed by atoms with Crippen LogP contribution in [0.1, 0.15) is 22.8 Å². The maximum atomic E-state index is 13.4. The Bertz CT molecular complexity index is 2380. The fourth-order valence-corrected chi connectivity index (χ4v) is 5.70. The van der Waals surface area contributed by atoms with Gasteiger partial charge < -0.3 is 19.4 Å². The molecule has 0 fully saturated rings. The number of hydrogen-bond donors (Lipinski definition) is 1. The average molecular weight is 670 g/mol. The number of fused-ring (bicyclic) bond motifs is 1. The van der Waals surface area contributed by atoms with E-state index in [1.54, 1.807) is 36.5 Å². The second kappa shape index (κ2) is 13.6. The highest BCUT2D eigenvalue weighted by molar-refractivity contribution is 6.04. The number of pyridine rings is 1. The van der Waals surface area contributed by atoms with Crippen LogP contribution >= 0.6 is 0 Å². The first-order chi connectivity index (χ1) is 24.3. The largest absolute Gasteiger partial charge is 0.438 e. The number of amides is 1. The molecule has 7 rings (SSSR count). The highest BCUT2D eigenvalue weighted by atomic mass is 19.1. The van der Waals surface area contributed by atoms with Crippen molar-refractivity contribution in [1.82, 2.24) is 29.2 Å². The minimum atomic E-state index is -0.587. The molecule has 0 atom stereocenters. The Balaban J connectivity index is 1.19. The molecular formula is C38H32FN7O4.